The van der Waals surface area contributed by atoms with Crippen molar-refractivity contribution >= 4 is 5.78 Å². The molecule has 2 rings (SSSR count). The molecule has 0 N–H and O–H groups in total. The van der Waals surface area contributed by atoms with Crippen molar-refractivity contribution in [3.63, 3.8) is 0 Å². The lowest BCUT2D eigenvalue weighted by atomic mass is 9.86. The molecule has 2 fully saturated rings. The normalized spacial score (nSPS) is 35.5. The molecule has 80 valence electrons. The molecule has 0 amide bonds. The summed E-state index contributed by atoms with van der Waals surface area (Å²) in [4.78, 5) is 11.8. The van der Waals surface area contributed by atoms with E-state index in [4.69, 9.17) is 4.74 Å². The van der Waals surface area contributed by atoms with Crippen LogP contribution in [0.5, 0.6) is 0 Å². The zero-order valence-corrected chi connectivity index (χ0v) is 9.16. The van der Waals surface area contributed by atoms with Crippen LogP contribution < -0.4 is 0 Å². The minimum atomic E-state index is 0.178. The van der Waals surface area contributed by atoms with Crippen LogP contribution in [0.1, 0.15) is 39.5 Å². The lowest BCUT2D eigenvalue weighted by Crippen LogP contribution is -2.26. The molecule has 2 saturated carbocycles. The van der Waals surface area contributed by atoms with Gasteiger partial charge in [0.1, 0.15) is 6.61 Å². The fraction of sp³-hybridized carbons (Fsp3) is 0.917. The van der Waals surface area contributed by atoms with Gasteiger partial charge in [0.2, 0.25) is 0 Å². The van der Waals surface area contributed by atoms with E-state index in [1.165, 1.54) is 19.3 Å². The Hall–Kier alpha value is -0.370. The maximum atomic E-state index is 11.8. The first-order chi connectivity index (χ1) is 6.66. The van der Waals surface area contributed by atoms with Gasteiger partial charge in [-0.05, 0) is 44.9 Å². The third-order valence-electron chi connectivity index (χ3n) is 3.71. The number of carbonyl (C=O) groups excluding carboxylic acids is 1. The largest absolute Gasteiger partial charge is 0.371 e. The van der Waals surface area contributed by atoms with Gasteiger partial charge in [-0.3, -0.25) is 4.79 Å². The topological polar surface area (TPSA) is 26.3 Å². The van der Waals surface area contributed by atoms with Crippen LogP contribution in [0.15, 0.2) is 0 Å². The highest BCUT2D eigenvalue weighted by Crippen LogP contribution is 2.48. The van der Waals surface area contributed by atoms with E-state index in [1.807, 2.05) is 13.8 Å². The number of carbonyl (C=O) groups is 1. The highest BCUT2D eigenvalue weighted by molar-refractivity contribution is 5.83. The van der Waals surface area contributed by atoms with Crippen molar-refractivity contribution in [1.82, 2.24) is 0 Å². The van der Waals surface area contributed by atoms with Crippen LogP contribution in [0, 0.1) is 17.8 Å². The predicted octanol–water partition coefficient (Wildman–Crippen LogP) is 2.42. The summed E-state index contributed by atoms with van der Waals surface area (Å²) in [5, 5.41) is 0. The molecule has 3 unspecified atom stereocenters. The number of hydrogen-bond acceptors (Lipinski definition) is 2. The third-order valence-corrected chi connectivity index (χ3v) is 3.71. The Balaban J connectivity index is 1.81. The van der Waals surface area contributed by atoms with E-state index in [1.54, 1.807) is 0 Å². The molecule has 2 nitrogen and oxygen atoms in total. The molecule has 0 aromatic carbocycles. The molecular weight excluding hydrogens is 176 g/mol. The van der Waals surface area contributed by atoms with Gasteiger partial charge in [0.25, 0.3) is 0 Å². The molecule has 14 heavy (non-hydrogen) atoms. The van der Waals surface area contributed by atoms with Crippen LogP contribution in [-0.2, 0) is 9.53 Å². The Morgan fingerprint density at radius 3 is 2.64 bits per heavy atom. The van der Waals surface area contributed by atoms with Crippen LogP contribution >= 0.6 is 0 Å². The van der Waals surface area contributed by atoms with E-state index < -0.39 is 0 Å². The Bertz CT molecular complexity index is 222. The summed E-state index contributed by atoms with van der Waals surface area (Å²) < 4.78 is 5.37. The summed E-state index contributed by atoms with van der Waals surface area (Å²) >= 11 is 0. The maximum absolute atomic E-state index is 11.8. The van der Waals surface area contributed by atoms with Crippen molar-refractivity contribution in [2.24, 2.45) is 17.8 Å². The average molecular weight is 196 g/mol. The smallest absolute Gasteiger partial charge is 0.161 e. The van der Waals surface area contributed by atoms with Crippen molar-refractivity contribution in [3.8, 4) is 0 Å². The van der Waals surface area contributed by atoms with Crippen LogP contribution in [0.2, 0.25) is 0 Å². The fourth-order valence-corrected chi connectivity index (χ4v) is 2.99. The fourth-order valence-electron chi connectivity index (χ4n) is 2.99. The SMILES string of the molecule is CC(C)OCC(=O)C1CC2CCC1C2. The number of fused-ring (bicyclic) bond motifs is 2. The summed E-state index contributed by atoms with van der Waals surface area (Å²) in [7, 11) is 0. The summed E-state index contributed by atoms with van der Waals surface area (Å²) in [5.74, 6) is 2.25. The van der Waals surface area contributed by atoms with E-state index in [9.17, 15) is 4.79 Å². The minimum absolute atomic E-state index is 0.178. The first kappa shape index (κ1) is 10.2. The summed E-state index contributed by atoms with van der Waals surface area (Å²) in [6.07, 6.45) is 5.27. The second-order valence-corrected chi connectivity index (χ2v) is 5.11. The Morgan fingerprint density at radius 2 is 2.14 bits per heavy atom. The molecule has 0 heterocycles. The van der Waals surface area contributed by atoms with Gasteiger partial charge in [-0.15, -0.1) is 0 Å². The van der Waals surface area contributed by atoms with Gasteiger partial charge in [0.15, 0.2) is 5.78 Å². The van der Waals surface area contributed by atoms with Crippen LogP contribution in [0.4, 0.5) is 0 Å². The van der Waals surface area contributed by atoms with Crippen LogP contribution in [0.3, 0.4) is 0 Å². The van der Waals surface area contributed by atoms with Crippen molar-refractivity contribution in [2.75, 3.05) is 6.61 Å². The standard InChI is InChI=1S/C12H20O2/c1-8(2)14-7-12(13)11-6-9-3-4-10(11)5-9/h8-11H,3-7H2,1-2H3. The van der Waals surface area contributed by atoms with E-state index in [2.05, 4.69) is 0 Å². The molecule has 2 aliphatic carbocycles. The van der Waals surface area contributed by atoms with Gasteiger partial charge in [-0.1, -0.05) is 6.42 Å². The molecule has 0 spiro atoms. The molecule has 0 radical (unpaired) electrons. The average Bonchev–Trinajstić information content (AvgIpc) is 2.74. The second kappa shape index (κ2) is 4.01. The monoisotopic (exact) mass is 196 g/mol. The number of rotatable bonds is 4. The minimum Gasteiger partial charge on any atom is -0.371 e. The quantitative estimate of drug-likeness (QED) is 0.690. The first-order valence-corrected chi connectivity index (χ1v) is 5.81. The molecular formula is C12H20O2. The maximum Gasteiger partial charge on any atom is 0.161 e. The van der Waals surface area contributed by atoms with Crippen LogP contribution in [0.25, 0.3) is 0 Å². The van der Waals surface area contributed by atoms with E-state index >= 15 is 0 Å². The Morgan fingerprint density at radius 1 is 1.36 bits per heavy atom. The molecule has 2 aliphatic rings. The Labute approximate surface area is 86.0 Å². The molecule has 2 heteroatoms. The van der Waals surface area contributed by atoms with Gasteiger partial charge >= 0.3 is 0 Å². The molecule has 0 aromatic heterocycles. The van der Waals surface area contributed by atoms with E-state index in [0.29, 0.717) is 24.2 Å². The zero-order chi connectivity index (χ0) is 10.1. The molecule has 3 atom stereocenters. The number of hydrogen-bond donors (Lipinski definition) is 0. The highest BCUT2D eigenvalue weighted by atomic mass is 16.5. The summed E-state index contributed by atoms with van der Waals surface area (Å²) in [5.41, 5.74) is 0. The van der Waals surface area contributed by atoms with Gasteiger partial charge in [-0.25, -0.2) is 0 Å². The number of ether oxygens (including phenoxy) is 1. The van der Waals surface area contributed by atoms with E-state index in [0.717, 1.165) is 12.3 Å². The lowest BCUT2D eigenvalue weighted by molar-refractivity contribution is -0.130. The second-order valence-electron chi connectivity index (χ2n) is 5.11. The molecule has 0 saturated heterocycles. The van der Waals surface area contributed by atoms with Crippen molar-refractivity contribution in [1.29, 1.82) is 0 Å². The zero-order valence-electron chi connectivity index (χ0n) is 9.16. The predicted molar refractivity (Wildman–Crippen MR) is 55.0 cm³/mol. The Kier molecular flexibility index (Phi) is 2.91. The highest BCUT2D eigenvalue weighted by Gasteiger charge is 2.42. The molecule has 0 aromatic rings. The number of Topliss-reactive ketones (excluding diaryl/α,β-unsaturated/α-hetero) is 1. The summed E-state index contributed by atoms with van der Waals surface area (Å²) in [6, 6.07) is 0. The van der Waals surface area contributed by atoms with Crippen molar-refractivity contribution in [3.05, 3.63) is 0 Å². The van der Waals surface area contributed by atoms with Gasteiger partial charge in [-0.2, -0.15) is 0 Å². The van der Waals surface area contributed by atoms with Crippen molar-refractivity contribution in [2.45, 2.75) is 45.6 Å². The van der Waals surface area contributed by atoms with Gasteiger partial charge in [0, 0.05) is 5.92 Å². The van der Waals surface area contributed by atoms with Gasteiger partial charge < -0.3 is 4.74 Å². The van der Waals surface area contributed by atoms with E-state index in [-0.39, 0.29) is 6.10 Å². The van der Waals surface area contributed by atoms with Gasteiger partial charge in [0.05, 0.1) is 6.10 Å². The molecule has 0 aliphatic heterocycles. The van der Waals surface area contributed by atoms with Crippen molar-refractivity contribution < 1.29 is 9.53 Å². The third kappa shape index (κ3) is 2.00. The van der Waals surface area contributed by atoms with Crippen LogP contribution in [-0.4, -0.2) is 18.5 Å². The molecule has 2 bridgehead atoms. The number of ketones is 1. The summed E-state index contributed by atoms with van der Waals surface area (Å²) in [6.45, 7) is 4.30. The first-order valence-electron chi connectivity index (χ1n) is 5.81. The lowest BCUT2D eigenvalue weighted by Gasteiger charge is -2.20.